The topological polar surface area (TPSA) is 337 Å². The monoisotopic (exact) mass is 1560 g/mol. The summed E-state index contributed by atoms with van der Waals surface area (Å²) in [5.41, 5.74) is 5.35. The van der Waals surface area contributed by atoms with Crippen molar-refractivity contribution in [2.24, 2.45) is 0 Å². The van der Waals surface area contributed by atoms with Crippen LogP contribution in [-0.2, 0) is 41.9 Å². The molecule has 0 radical (unpaired) electrons. The second-order valence-corrected chi connectivity index (χ2v) is 30.7. The third-order valence-corrected chi connectivity index (χ3v) is 22.2. The number of carboxylic acids is 2. The van der Waals surface area contributed by atoms with E-state index in [1.165, 1.54) is 60.7 Å². The van der Waals surface area contributed by atoms with Crippen LogP contribution in [0.15, 0.2) is 243 Å². The van der Waals surface area contributed by atoms with E-state index in [9.17, 15) is 83.7 Å². The number of anilines is 2. The van der Waals surface area contributed by atoms with Gasteiger partial charge in [-0.2, -0.15) is 0 Å². The molecule has 0 bridgehead atoms. The maximum absolute atomic E-state index is 13.9. The number of hydrogen-bond acceptors (Lipinski definition) is 17. The Morgan fingerprint density at radius 3 is 0.812 bits per heavy atom. The summed E-state index contributed by atoms with van der Waals surface area (Å²) in [6.07, 6.45) is -0.409. The molecular formula is C96H76N2O19. The van der Waals surface area contributed by atoms with Crippen LogP contribution < -0.4 is 19.3 Å². The van der Waals surface area contributed by atoms with E-state index in [2.05, 4.69) is 0 Å². The molecule has 21 heteroatoms. The molecule has 12 aromatic carbocycles. The van der Waals surface area contributed by atoms with Crippen LogP contribution in [-0.4, -0.2) is 94.4 Å². The number of rotatable bonds is 26. The number of nitrogens with zero attached hydrogens (tertiary/aromatic N) is 2. The summed E-state index contributed by atoms with van der Waals surface area (Å²) in [7, 11) is 0. The number of benzene rings is 12. The van der Waals surface area contributed by atoms with Crippen LogP contribution in [0, 0.1) is 6.92 Å². The van der Waals surface area contributed by atoms with Crippen molar-refractivity contribution in [3.8, 4) is 51.7 Å². The van der Waals surface area contributed by atoms with Crippen LogP contribution in [0.3, 0.4) is 0 Å². The van der Waals surface area contributed by atoms with Crippen molar-refractivity contribution in [2.45, 2.75) is 90.4 Å². The summed E-state index contributed by atoms with van der Waals surface area (Å²) in [5, 5.41) is 74.1. The van der Waals surface area contributed by atoms with E-state index in [0.717, 1.165) is 49.7 Å². The third-order valence-electron chi connectivity index (χ3n) is 22.2. The van der Waals surface area contributed by atoms with Crippen LogP contribution in [0.1, 0.15) is 206 Å². The van der Waals surface area contributed by atoms with Gasteiger partial charge in [0, 0.05) is 80.9 Å². The lowest BCUT2D eigenvalue weighted by Crippen LogP contribution is -2.30. The van der Waals surface area contributed by atoms with Crippen LogP contribution in [0.5, 0.6) is 51.7 Å². The van der Waals surface area contributed by atoms with Crippen LogP contribution >= 0.6 is 0 Å². The standard InChI is InChI=1S/C96H76N2O19/c1-52-8-19-63(95(4,5)67-23-38-82(102)77(50-67)97-88(108)73-33-17-57(92(112)113)44-75(73)90(97)110)40-59(52)46-84(104)53-9-25-69(26-10-53)116-70-27-11-54(12-28-70)85(105)47-60-41-64(20-35-79(60)99)94(2,3)65-21-36-80(100)61(42-65)48-86(106)55-13-29-71(30-14-55)117-72-31-15-56(16-32-72)87(107)49-62-43-66(22-37-81(62)101)96(6,7)68-24-39-83(103)78(51-68)98-89(109)74-34-18-58(93(114)115)45-76(74)91(98)111/h8-45,50-51,99-103H,46-49H2,1-7H3,(H,112,113)(H,114,115). The highest BCUT2D eigenvalue weighted by atomic mass is 16.5. The van der Waals surface area contributed by atoms with Gasteiger partial charge in [-0.05, 0) is 227 Å². The number of imide groups is 2. The molecule has 2 aliphatic rings. The molecule has 21 nitrogen and oxygen atoms in total. The summed E-state index contributed by atoms with van der Waals surface area (Å²) >= 11 is 0. The molecule has 7 N–H and O–H groups in total. The summed E-state index contributed by atoms with van der Waals surface area (Å²) in [5.74, 6) is -5.84. The third kappa shape index (κ3) is 15.5. The lowest BCUT2D eigenvalue weighted by molar-refractivity contribution is 0.0686. The quantitative estimate of drug-likeness (QED) is 0.0196. The molecule has 14 rings (SSSR count). The Hall–Kier alpha value is -14.9. The number of carbonyl (C=O) groups is 10. The van der Waals surface area contributed by atoms with Gasteiger partial charge in [-0.25, -0.2) is 19.4 Å². The minimum atomic E-state index is -1.27. The average molecular weight is 1560 g/mol. The molecule has 0 aromatic heterocycles. The van der Waals surface area contributed by atoms with E-state index in [0.29, 0.717) is 78.6 Å². The fraction of sp³-hybridized carbons (Fsp3) is 0.146. The van der Waals surface area contributed by atoms with Gasteiger partial charge >= 0.3 is 11.9 Å². The first-order valence-corrected chi connectivity index (χ1v) is 37.3. The molecule has 4 amide bonds. The van der Waals surface area contributed by atoms with Crippen molar-refractivity contribution < 1.29 is 93.2 Å². The van der Waals surface area contributed by atoms with Gasteiger partial charge in [0.1, 0.15) is 51.7 Å². The number of carbonyl (C=O) groups excluding carboxylic acids is 8. The molecule has 0 saturated carbocycles. The maximum Gasteiger partial charge on any atom is 0.335 e. The zero-order valence-corrected chi connectivity index (χ0v) is 64.3. The number of aromatic hydroxyl groups is 5. The van der Waals surface area contributed by atoms with Gasteiger partial charge in [0.05, 0.1) is 44.8 Å². The van der Waals surface area contributed by atoms with Gasteiger partial charge in [0.15, 0.2) is 23.1 Å². The molecular weight excluding hydrogens is 1490 g/mol. The smallest absolute Gasteiger partial charge is 0.335 e. The number of ether oxygens (including phenoxy) is 2. The van der Waals surface area contributed by atoms with Crippen LogP contribution in [0.2, 0.25) is 0 Å². The SMILES string of the molecule is Cc1ccc(C(C)(C)c2ccc(O)c(N3C(=O)c4ccc(C(=O)O)cc4C3=O)c2)cc1CC(=O)c1ccc(Oc2ccc(C(=O)Cc3cc(C(C)(C)c4ccc(O)c(CC(=O)c5ccc(Oc6ccc(C(=O)Cc7cc(C(C)(C)c8ccc(O)c(N9C(=O)c%10ccc(C(=O)O)cc%10C9=O)c8)ccc7O)cc6)cc5)c4)ccc3O)cc2)cc1. The van der Waals surface area contributed by atoms with Crippen molar-refractivity contribution >= 4 is 70.1 Å². The van der Waals surface area contributed by atoms with Gasteiger partial charge in [0.2, 0.25) is 0 Å². The Bertz CT molecular complexity index is 5800. The molecule has 117 heavy (non-hydrogen) atoms. The zero-order valence-electron chi connectivity index (χ0n) is 64.3. The Kier molecular flexibility index (Phi) is 20.8. The molecule has 0 unspecified atom stereocenters. The number of ketones is 4. The normalized spacial score (nSPS) is 12.7. The number of carboxylic acid groups (broad SMARTS) is 2. The zero-order chi connectivity index (χ0) is 83.4. The van der Waals surface area contributed by atoms with Crippen molar-refractivity contribution in [2.75, 3.05) is 9.80 Å². The van der Waals surface area contributed by atoms with Crippen molar-refractivity contribution in [1.29, 1.82) is 0 Å². The lowest BCUT2D eigenvalue weighted by Gasteiger charge is -2.28. The number of aryl methyl sites for hydroxylation is 1. The van der Waals surface area contributed by atoms with Crippen LogP contribution in [0.4, 0.5) is 11.4 Å². The largest absolute Gasteiger partial charge is 0.508 e. The first kappa shape index (κ1) is 78.8. The molecule has 12 aromatic rings. The summed E-state index contributed by atoms with van der Waals surface area (Å²) in [6, 6.07) is 63.3. The van der Waals surface area contributed by atoms with E-state index in [-0.39, 0.29) is 122 Å². The minimum absolute atomic E-state index is 0.00611. The summed E-state index contributed by atoms with van der Waals surface area (Å²) < 4.78 is 12.2. The highest BCUT2D eigenvalue weighted by Crippen LogP contribution is 2.45. The minimum Gasteiger partial charge on any atom is -0.508 e. The first-order chi connectivity index (χ1) is 55.6. The summed E-state index contributed by atoms with van der Waals surface area (Å²) in [4.78, 5) is 135. The van der Waals surface area contributed by atoms with Gasteiger partial charge in [-0.3, -0.25) is 38.4 Å². The van der Waals surface area contributed by atoms with Gasteiger partial charge in [0.25, 0.3) is 23.6 Å². The van der Waals surface area contributed by atoms with Crippen molar-refractivity contribution in [3.05, 3.63) is 359 Å². The number of Topliss-reactive ketones (excluding diaryl/α,β-unsaturated/α-hetero) is 4. The molecule has 2 aliphatic heterocycles. The predicted octanol–water partition coefficient (Wildman–Crippen LogP) is 17.8. The highest BCUT2D eigenvalue weighted by molar-refractivity contribution is 6.36. The molecule has 0 saturated heterocycles. The van der Waals surface area contributed by atoms with E-state index in [1.54, 1.807) is 152 Å². The molecule has 2 heterocycles. The molecule has 0 fully saturated rings. The Labute approximate surface area is 671 Å². The molecule has 0 spiro atoms. The van der Waals surface area contributed by atoms with E-state index < -0.39 is 51.8 Å². The summed E-state index contributed by atoms with van der Waals surface area (Å²) in [6.45, 7) is 13.4. The fourth-order valence-corrected chi connectivity index (χ4v) is 14.7. The second-order valence-electron chi connectivity index (χ2n) is 30.7. The average Bonchev–Trinajstić information content (AvgIpc) is 1.65. The number of fused-ring (bicyclic) bond motifs is 2. The fourth-order valence-electron chi connectivity index (χ4n) is 14.7. The number of phenolic OH excluding ortho intramolecular Hbond substituents is 5. The van der Waals surface area contributed by atoms with Crippen molar-refractivity contribution in [1.82, 2.24) is 0 Å². The highest BCUT2D eigenvalue weighted by Gasteiger charge is 2.42. The lowest BCUT2D eigenvalue weighted by atomic mass is 9.76. The second kappa shape index (κ2) is 30.9. The van der Waals surface area contributed by atoms with E-state index in [4.69, 9.17) is 9.47 Å². The maximum atomic E-state index is 13.9. The van der Waals surface area contributed by atoms with E-state index in [1.807, 2.05) is 66.7 Å². The van der Waals surface area contributed by atoms with E-state index >= 15 is 0 Å². The number of phenols is 5. The molecule has 0 atom stereocenters. The van der Waals surface area contributed by atoms with Gasteiger partial charge < -0.3 is 45.2 Å². The number of amides is 4. The van der Waals surface area contributed by atoms with Crippen molar-refractivity contribution in [3.63, 3.8) is 0 Å². The Morgan fingerprint density at radius 2 is 0.521 bits per heavy atom. The Morgan fingerprint density at radius 1 is 0.282 bits per heavy atom. The predicted molar refractivity (Wildman–Crippen MR) is 435 cm³/mol. The number of aromatic carboxylic acids is 2. The van der Waals surface area contributed by atoms with Crippen LogP contribution in [0.25, 0.3) is 0 Å². The Balaban J connectivity index is 0.560. The molecule has 584 valence electrons. The first-order valence-electron chi connectivity index (χ1n) is 37.3. The number of hydrogen-bond donors (Lipinski definition) is 7. The van der Waals surface area contributed by atoms with Gasteiger partial charge in [-0.15, -0.1) is 0 Å². The molecule has 0 aliphatic carbocycles. The van der Waals surface area contributed by atoms with Gasteiger partial charge in [-0.1, -0.05) is 108 Å².